The zero-order valence-electron chi connectivity index (χ0n) is 9.71. The van der Waals surface area contributed by atoms with Crippen molar-refractivity contribution in [3.05, 3.63) is 28.8 Å². The van der Waals surface area contributed by atoms with Crippen LogP contribution in [0.15, 0.2) is 18.2 Å². The van der Waals surface area contributed by atoms with Crippen LogP contribution in [0.3, 0.4) is 0 Å². The number of esters is 1. The van der Waals surface area contributed by atoms with Crippen LogP contribution in [0.2, 0.25) is 5.02 Å². The van der Waals surface area contributed by atoms with Gasteiger partial charge in [0.1, 0.15) is 0 Å². The lowest BCUT2D eigenvalue weighted by molar-refractivity contribution is -0.140. The van der Waals surface area contributed by atoms with E-state index in [-0.39, 0.29) is 12.0 Å². The number of rotatable bonds is 4. The predicted molar refractivity (Wildman–Crippen MR) is 65.9 cm³/mol. The molecule has 3 nitrogen and oxygen atoms in total. The van der Waals surface area contributed by atoms with E-state index in [9.17, 15) is 4.79 Å². The van der Waals surface area contributed by atoms with Gasteiger partial charge in [-0.15, -0.1) is 0 Å². The first-order valence-electron chi connectivity index (χ1n) is 5.12. The number of halogens is 1. The SMILES string of the molecule is COC(=O)CC(C)Nc1ccc(C)c(Cl)c1. The maximum absolute atomic E-state index is 11.0. The van der Waals surface area contributed by atoms with Gasteiger partial charge in [-0.2, -0.15) is 0 Å². The summed E-state index contributed by atoms with van der Waals surface area (Å²) >= 11 is 6.00. The van der Waals surface area contributed by atoms with Crippen LogP contribution < -0.4 is 5.32 Å². The minimum atomic E-state index is -0.224. The maximum Gasteiger partial charge on any atom is 0.307 e. The normalized spacial score (nSPS) is 12.0. The molecular formula is C12H16ClNO2. The molecule has 0 amide bonds. The molecule has 0 saturated carbocycles. The van der Waals surface area contributed by atoms with Crippen LogP contribution in [0.5, 0.6) is 0 Å². The third-order valence-corrected chi connectivity index (χ3v) is 2.69. The number of anilines is 1. The molecule has 0 aromatic heterocycles. The van der Waals surface area contributed by atoms with Crippen LogP contribution in [-0.2, 0) is 9.53 Å². The molecule has 4 heteroatoms. The first-order chi connectivity index (χ1) is 7.52. The second-order valence-electron chi connectivity index (χ2n) is 3.79. The Balaban J connectivity index is 2.59. The average molecular weight is 242 g/mol. The number of carbonyl (C=O) groups is 1. The highest BCUT2D eigenvalue weighted by atomic mass is 35.5. The molecular weight excluding hydrogens is 226 g/mol. The number of hydrogen-bond donors (Lipinski definition) is 1. The van der Waals surface area contributed by atoms with Crippen LogP contribution in [0.4, 0.5) is 5.69 Å². The van der Waals surface area contributed by atoms with E-state index >= 15 is 0 Å². The molecule has 88 valence electrons. The predicted octanol–water partition coefficient (Wildman–Crippen LogP) is 3.01. The first-order valence-corrected chi connectivity index (χ1v) is 5.50. The van der Waals surface area contributed by atoms with Gasteiger partial charge >= 0.3 is 5.97 Å². The second-order valence-corrected chi connectivity index (χ2v) is 4.20. The van der Waals surface area contributed by atoms with Gasteiger partial charge in [-0.05, 0) is 31.5 Å². The van der Waals surface area contributed by atoms with E-state index in [1.54, 1.807) is 0 Å². The van der Waals surface area contributed by atoms with E-state index in [2.05, 4.69) is 10.1 Å². The Hall–Kier alpha value is -1.22. The lowest BCUT2D eigenvalue weighted by atomic mass is 10.2. The van der Waals surface area contributed by atoms with Crippen molar-refractivity contribution in [2.24, 2.45) is 0 Å². The Morgan fingerprint density at radius 2 is 2.25 bits per heavy atom. The maximum atomic E-state index is 11.0. The number of hydrogen-bond acceptors (Lipinski definition) is 3. The third kappa shape index (κ3) is 3.74. The number of carbonyl (C=O) groups excluding carboxylic acids is 1. The zero-order valence-corrected chi connectivity index (χ0v) is 10.5. The van der Waals surface area contributed by atoms with Crippen LogP contribution in [0, 0.1) is 6.92 Å². The minimum absolute atomic E-state index is 0.0197. The fourth-order valence-corrected chi connectivity index (χ4v) is 1.53. The summed E-state index contributed by atoms with van der Waals surface area (Å²) in [5.74, 6) is -0.224. The number of aryl methyl sites for hydroxylation is 1. The molecule has 1 atom stereocenters. The van der Waals surface area contributed by atoms with E-state index < -0.39 is 0 Å². The minimum Gasteiger partial charge on any atom is -0.469 e. The lowest BCUT2D eigenvalue weighted by Crippen LogP contribution is -2.20. The van der Waals surface area contributed by atoms with Crippen molar-refractivity contribution in [2.45, 2.75) is 26.3 Å². The average Bonchev–Trinajstić information content (AvgIpc) is 2.23. The third-order valence-electron chi connectivity index (χ3n) is 2.29. The summed E-state index contributed by atoms with van der Waals surface area (Å²) in [6.45, 7) is 3.87. The molecule has 0 radical (unpaired) electrons. The van der Waals surface area contributed by atoms with E-state index in [0.717, 1.165) is 16.3 Å². The molecule has 0 heterocycles. The molecule has 16 heavy (non-hydrogen) atoms. The van der Waals surface area contributed by atoms with Crippen molar-refractivity contribution in [2.75, 3.05) is 12.4 Å². The van der Waals surface area contributed by atoms with Crippen LogP contribution in [0.1, 0.15) is 18.9 Å². The van der Waals surface area contributed by atoms with Gasteiger partial charge in [0.15, 0.2) is 0 Å². The van der Waals surface area contributed by atoms with Crippen molar-refractivity contribution >= 4 is 23.3 Å². The Morgan fingerprint density at radius 3 is 2.81 bits per heavy atom. The topological polar surface area (TPSA) is 38.3 Å². The summed E-state index contributed by atoms with van der Waals surface area (Å²) in [6.07, 6.45) is 0.335. The van der Waals surface area contributed by atoms with Crippen LogP contribution in [-0.4, -0.2) is 19.1 Å². The molecule has 0 fully saturated rings. The van der Waals surface area contributed by atoms with E-state index in [4.69, 9.17) is 11.6 Å². The fourth-order valence-electron chi connectivity index (χ4n) is 1.35. The van der Waals surface area contributed by atoms with Crippen LogP contribution >= 0.6 is 11.6 Å². The zero-order chi connectivity index (χ0) is 12.1. The highest BCUT2D eigenvalue weighted by Crippen LogP contribution is 2.20. The number of ether oxygens (including phenoxy) is 1. The molecule has 0 aliphatic rings. The second kappa shape index (κ2) is 5.75. The van der Waals surface area contributed by atoms with Crippen molar-refractivity contribution in [1.29, 1.82) is 0 Å². The quantitative estimate of drug-likeness (QED) is 0.824. The standard InChI is InChI=1S/C12H16ClNO2/c1-8-4-5-10(7-11(8)13)14-9(2)6-12(15)16-3/h4-5,7,9,14H,6H2,1-3H3. The van der Waals surface area contributed by atoms with Crippen LogP contribution in [0.25, 0.3) is 0 Å². The van der Waals surface area contributed by atoms with Gasteiger partial charge in [-0.25, -0.2) is 0 Å². The monoisotopic (exact) mass is 241 g/mol. The number of benzene rings is 1. The molecule has 0 aliphatic carbocycles. The Morgan fingerprint density at radius 1 is 1.56 bits per heavy atom. The highest BCUT2D eigenvalue weighted by Gasteiger charge is 2.09. The summed E-state index contributed by atoms with van der Waals surface area (Å²) in [7, 11) is 1.39. The summed E-state index contributed by atoms with van der Waals surface area (Å²) in [4.78, 5) is 11.0. The Labute approximate surface area is 101 Å². The van der Waals surface area contributed by atoms with Crippen molar-refractivity contribution in [3.8, 4) is 0 Å². The Bertz CT molecular complexity index is 379. The lowest BCUT2D eigenvalue weighted by Gasteiger charge is -2.14. The van der Waals surface area contributed by atoms with Gasteiger partial charge in [-0.3, -0.25) is 4.79 Å². The summed E-state index contributed by atoms with van der Waals surface area (Å²) < 4.78 is 4.60. The molecule has 1 aromatic rings. The molecule has 1 unspecified atom stereocenters. The van der Waals surface area contributed by atoms with Crippen molar-refractivity contribution in [1.82, 2.24) is 0 Å². The smallest absolute Gasteiger partial charge is 0.307 e. The molecule has 1 rings (SSSR count). The molecule has 1 N–H and O–H groups in total. The van der Waals surface area contributed by atoms with Gasteiger partial charge < -0.3 is 10.1 Å². The van der Waals surface area contributed by atoms with Gasteiger partial charge in [0.2, 0.25) is 0 Å². The van der Waals surface area contributed by atoms with E-state index in [0.29, 0.717) is 6.42 Å². The van der Waals surface area contributed by atoms with E-state index in [1.807, 2.05) is 32.0 Å². The molecule has 0 spiro atoms. The summed E-state index contributed by atoms with van der Waals surface area (Å²) in [5.41, 5.74) is 1.94. The largest absolute Gasteiger partial charge is 0.469 e. The van der Waals surface area contributed by atoms with Gasteiger partial charge in [0.05, 0.1) is 13.5 Å². The van der Waals surface area contributed by atoms with E-state index in [1.165, 1.54) is 7.11 Å². The van der Waals surface area contributed by atoms with Gasteiger partial charge in [0, 0.05) is 16.8 Å². The van der Waals surface area contributed by atoms with Gasteiger partial charge in [0.25, 0.3) is 0 Å². The van der Waals surface area contributed by atoms with Crippen molar-refractivity contribution < 1.29 is 9.53 Å². The fraction of sp³-hybridized carbons (Fsp3) is 0.417. The molecule has 1 aromatic carbocycles. The summed E-state index contributed by atoms with van der Waals surface area (Å²) in [6, 6.07) is 5.75. The summed E-state index contributed by atoms with van der Waals surface area (Å²) in [5, 5.41) is 3.91. The Kier molecular flexibility index (Phi) is 4.62. The molecule has 0 saturated heterocycles. The number of nitrogens with one attached hydrogen (secondary N) is 1. The number of methoxy groups -OCH3 is 1. The van der Waals surface area contributed by atoms with Gasteiger partial charge in [-0.1, -0.05) is 17.7 Å². The molecule has 0 aliphatic heterocycles. The first kappa shape index (κ1) is 12.8. The highest BCUT2D eigenvalue weighted by molar-refractivity contribution is 6.31. The van der Waals surface area contributed by atoms with Crippen molar-refractivity contribution in [3.63, 3.8) is 0 Å². The molecule has 0 bridgehead atoms.